The van der Waals surface area contributed by atoms with Crippen molar-refractivity contribution in [1.82, 2.24) is 0 Å². The van der Waals surface area contributed by atoms with Gasteiger partial charge in [0.05, 0.1) is 11.1 Å². The molecule has 22 heavy (non-hydrogen) atoms. The van der Waals surface area contributed by atoms with Gasteiger partial charge in [-0.05, 0) is 51.3 Å². The molecule has 0 N–H and O–H groups in total. The number of fused-ring (bicyclic) bond motifs is 2. The lowest BCUT2D eigenvalue weighted by Crippen LogP contribution is -2.44. The molecule has 1 aliphatic carbocycles. The summed E-state index contributed by atoms with van der Waals surface area (Å²) >= 11 is 3.43. The van der Waals surface area contributed by atoms with Gasteiger partial charge < -0.3 is 4.74 Å². The molecule has 0 unspecified atom stereocenters. The Hall–Kier alpha value is -1.36. The van der Waals surface area contributed by atoms with Crippen LogP contribution in [0.15, 0.2) is 22.7 Å². The third kappa shape index (κ3) is 2.35. The molecule has 3 rings (SSSR count). The van der Waals surface area contributed by atoms with Crippen molar-refractivity contribution in [2.45, 2.75) is 57.5 Å². The van der Waals surface area contributed by atoms with Crippen molar-refractivity contribution in [3.8, 4) is 0 Å². The highest BCUT2D eigenvalue weighted by Gasteiger charge is 2.54. The van der Waals surface area contributed by atoms with Crippen LogP contribution in [0.25, 0.3) is 0 Å². The summed E-state index contributed by atoms with van der Waals surface area (Å²) in [6, 6.07) is 5.74. The van der Waals surface area contributed by atoms with Crippen molar-refractivity contribution in [3.05, 3.63) is 28.2 Å². The number of anilines is 1. The average Bonchev–Trinajstić information content (AvgIpc) is 2.94. The Labute approximate surface area is 138 Å². The molecular weight excluding hydrogens is 346 g/mol. The van der Waals surface area contributed by atoms with E-state index in [-0.39, 0.29) is 5.91 Å². The minimum atomic E-state index is -0.630. The predicted octanol–water partition coefficient (Wildman–Crippen LogP) is 4.54. The van der Waals surface area contributed by atoms with E-state index in [4.69, 9.17) is 4.74 Å². The highest BCUT2D eigenvalue weighted by molar-refractivity contribution is 9.10. The zero-order valence-corrected chi connectivity index (χ0v) is 14.7. The maximum absolute atomic E-state index is 13.0. The van der Waals surface area contributed by atoms with Crippen molar-refractivity contribution in [2.75, 3.05) is 4.90 Å². The number of rotatable bonds is 0. The maximum atomic E-state index is 13.0. The van der Waals surface area contributed by atoms with Crippen LogP contribution in [0.5, 0.6) is 0 Å². The molecular formula is C17H20BrNO3. The minimum Gasteiger partial charge on any atom is -0.443 e. The third-order valence-corrected chi connectivity index (χ3v) is 4.86. The van der Waals surface area contributed by atoms with Gasteiger partial charge in [0.2, 0.25) is 5.91 Å². The van der Waals surface area contributed by atoms with Gasteiger partial charge in [0.25, 0.3) is 0 Å². The number of carbonyl (C=O) groups excluding carboxylic acids is 2. The lowest BCUT2D eigenvalue weighted by molar-refractivity contribution is -0.122. The molecule has 1 heterocycles. The van der Waals surface area contributed by atoms with Crippen molar-refractivity contribution < 1.29 is 14.3 Å². The highest BCUT2D eigenvalue weighted by Crippen LogP contribution is 2.52. The molecule has 4 nitrogen and oxygen atoms in total. The summed E-state index contributed by atoms with van der Waals surface area (Å²) in [5.41, 5.74) is 0.460. The number of amides is 2. The van der Waals surface area contributed by atoms with Crippen molar-refractivity contribution in [3.63, 3.8) is 0 Å². The van der Waals surface area contributed by atoms with Crippen LogP contribution in [0, 0.1) is 0 Å². The summed E-state index contributed by atoms with van der Waals surface area (Å²) in [6.45, 7) is 5.41. The van der Waals surface area contributed by atoms with Crippen LogP contribution in [0.2, 0.25) is 0 Å². The van der Waals surface area contributed by atoms with Crippen LogP contribution in [-0.2, 0) is 14.9 Å². The molecule has 1 aliphatic heterocycles. The van der Waals surface area contributed by atoms with E-state index in [0.29, 0.717) is 5.69 Å². The van der Waals surface area contributed by atoms with E-state index in [0.717, 1.165) is 35.7 Å². The van der Waals surface area contributed by atoms with E-state index in [2.05, 4.69) is 15.9 Å². The molecule has 0 saturated heterocycles. The topological polar surface area (TPSA) is 46.6 Å². The fourth-order valence-corrected chi connectivity index (χ4v) is 3.83. The second kappa shape index (κ2) is 5.08. The molecule has 0 aromatic heterocycles. The maximum Gasteiger partial charge on any atom is 0.421 e. The van der Waals surface area contributed by atoms with Crippen LogP contribution in [0.1, 0.15) is 52.0 Å². The van der Waals surface area contributed by atoms with E-state index < -0.39 is 17.1 Å². The smallest absolute Gasteiger partial charge is 0.421 e. The fraction of sp³-hybridized carbons (Fsp3) is 0.529. The van der Waals surface area contributed by atoms with Gasteiger partial charge in [-0.2, -0.15) is 0 Å². The molecule has 2 aliphatic rings. The first-order chi connectivity index (χ1) is 10.2. The summed E-state index contributed by atoms with van der Waals surface area (Å²) in [4.78, 5) is 26.8. The molecule has 0 bridgehead atoms. The molecule has 1 fully saturated rings. The first-order valence-electron chi connectivity index (χ1n) is 7.62. The van der Waals surface area contributed by atoms with Gasteiger partial charge in [-0.3, -0.25) is 4.79 Å². The second-order valence-electron chi connectivity index (χ2n) is 7.07. The first kappa shape index (κ1) is 15.5. The zero-order chi connectivity index (χ0) is 16.1. The summed E-state index contributed by atoms with van der Waals surface area (Å²) in [5.74, 6) is -0.132. The SMILES string of the molecule is CC(C)(C)OC(=O)N1C(=O)C2(CCCC2)c2ccc(Br)cc21. The molecule has 1 saturated carbocycles. The van der Waals surface area contributed by atoms with E-state index in [1.165, 1.54) is 4.90 Å². The normalized spacial score (nSPS) is 19.6. The Bertz CT molecular complexity index is 642. The number of nitrogens with zero attached hydrogens (tertiary/aromatic N) is 1. The zero-order valence-electron chi connectivity index (χ0n) is 13.1. The number of ether oxygens (including phenoxy) is 1. The molecule has 1 aromatic rings. The van der Waals surface area contributed by atoms with Gasteiger partial charge in [0.15, 0.2) is 0 Å². The van der Waals surface area contributed by atoms with E-state index in [1.54, 1.807) is 20.8 Å². The van der Waals surface area contributed by atoms with Gasteiger partial charge in [-0.15, -0.1) is 0 Å². The molecule has 0 atom stereocenters. The average molecular weight is 366 g/mol. The molecule has 118 valence electrons. The van der Waals surface area contributed by atoms with Crippen LogP contribution < -0.4 is 4.90 Å². The van der Waals surface area contributed by atoms with Crippen LogP contribution in [-0.4, -0.2) is 17.6 Å². The summed E-state index contributed by atoms with van der Waals surface area (Å²) < 4.78 is 6.29. The molecule has 0 radical (unpaired) electrons. The monoisotopic (exact) mass is 365 g/mol. The van der Waals surface area contributed by atoms with E-state index >= 15 is 0 Å². The third-order valence-electron chi connectivity index (χ3n) is 4.36. The molecule has 5 heteroatoms. The lowest BCUT2D eigenvalue weighted by Gasteiger charge is -2.25. The van der Waals surface area contributed by atoms with Gasteiger partial charge in [-0.1, -0.05) is 34.8 Å². The number of imide groups is 1. The van der Waals surface area contributed by atoms with E-state index in [1.807, 2.05) is 18.2 Å². The van der Waals surface area contributed by atoms with Gasteiger partial charge >= 0.3 is 6.09 Å². The van der Waals surface area contributed by atoms with Gasteiger partial charge in [0, 0.05) is 4.47 Å². The minimum absolute atomic E-state index is 0.132. The molecule has 1 aromatic carbocycles. The molecule has 2 amide bonds. The van der Waals surface area contributed by atoms with Gasteiger partial charge in [-0.25, -0.2) is 9.69 Å². The highest BCUT2D eigenvalue weighted by atomic mass is 79.9. The Morgan fingerprint density at radius 3 is 2.50 bits per heavy atom. The Kier molecular flexibility index (Phi) is 3.59. The van der Waals surface area contributed by atoms with E-state index in [9.17, 15) is 9.59 Å². The fourth-order valence-electron chi connectivity index (χ4n) is 3.48. The van der Waals surface area contributed by atoms with Crippen LogP contribution >= 0.6 is 15.9 Å². The predicted molar refractivity (Wildman–Crippen MR) is 88.0 cm³/mol. The number of carbonyl (C=O) groups is 2. The van der Waals surface area contributed by atoms with Crippen molar-refractivity contribution in [1.29, 1.82) is 0 Å². The van der Waals surface area contributed by atoms with Crippen LogP contribution in [0.3, 0.4) is 0 Å². The first-order valence-corrected chi connectivity index (χ1v) is 8.41. The standard InChI is InChI=1S/C17H20BrNO3/c1-16(2,3)22-15(21)19-13-10-11(18)6-7-12(13)17(14(19)20)8-4-5-9-17/h6-7,10H,4-5,8-9H2,1-3H3. The van der Waals surface area contributed by atoms with Gasteiger partial charge in [0.1, 0.15) is 5.60 Å². The number of hydrogen-bond acceptors (Lipinski definition) is 3. The Morgan fingerprint density at radius 2 is 1.91 bits per heavy atom. The van der Waals surface area contributed by atoms with Crippen molar-refractivity contribution >= 4 is 33.6 Å². The Balaban J connectivity index is 2.07. The molecule has 1 spiro atoms. The largest absolute Gasteiger partial charge is 0.443 e. The quantitative estimate of drug-likeness (QED) is 0.677. The van der Waals surface area contributed by atoms with Crippen molar-refractivity contribution in [2.24, 2.45) is 0 Å². The second-order valence-corrected chi connectivity index (χ2v) is 7.99. The van der Waals surface area contributed by atoms with Crippen LogP contribution in [0.4, 0.5) is 10.5 Å². The Morgan fingerprint density at radius 1 is 1.27 bits per heavy atom. The summed E-state index contributed by atoms with van der Waals surface area (Å²) in [7, 11) is 0. The number of hydrogen-bond donors (Lipinski definition) is 0. The lowest BCUT2D eigenvalue weighted by atomic mass is 9.80. The summed E-state index contributed by atoms with van der Waals surface area (Å²) in [5, 5.41) is 0. The summed E-state index contributed by atoms with van der Waals surface area (Å²) in [6.07, 6.45) is 3.06. The number of benzene rings is 1. The number of halogens is 1.